The van der Waals surface area contributed by atoms with Crippen LogP contribution in [0.2, 0.25) is 5.02 Å². The molecule has 2 aromatic heterocycles. The van der Waals surface area contributed by atoms with Gasteiger partial charge in [-0.15, -0.1) is 0 Å². The van der Waals surface area contributed by atoms with Crippen molar-refractivity contribution in [2.45, 2.75) is 19.3 Å². The number of amides is 2. The van der Waals surface area contributed by atoms with Crippen LogP contribution in [-0.4, -0.2) is 52.3 Å². The number of nitrogens with one attached hydrogen (secondary N) is 3. The minimum absolute atomic E-state index is 0.0395. The van der Waals surface area contributed by atoms with Gasteiger partial charge in [0.25, 0.3) is 5.91 Å². The number of aromatic nitrogens is 3. The number of para-hydroxylation sites is 1. The van der Waals surface area contributed by atoms with Crippen molar-refractivity contribution >= 4 is 45.7 Å². The Morgan fingerprint density at radius 1 is 0.927 bits per heavy atom. The summed E-state index contributed by atoms with van der Waals surface area (Å²) >= 11 is 6.47. The van der Waals surface area contributed by atoms with Gasteiger partial charge < -0.3 is 20.5 Å². The lowest BCUT2D eigenvalue weighted by Crippen LogP contribution is -2.17. The van der Waals surface area contributed by atoms with Crippen molar-refractivity contribution in [3.63, 3.8) is 0 Å². The first-order valence-electron chi connectivity index (χ1n) is 13.4. The van der Waals surface area contributed by atoms with Gasteiger partial charge in [0, 0.05) is 58.6 Å². The maximum Gasteiger partial charge on any atom is 0.255 e. The first-order valence-corrected chi connectivity index (χ1v) is 13.8. The number of benzene rings is 3. The molecule has 0 saturated heterocycles. The average Bonchev–Trinajstić information content (AvgIpc) is 3.39. The van der Waals surface area contributed by atoms with E-state index in [0.717, 1.165) is 35.0 Å². The molecule has 2 amide bonds. The number of carbonyl (C=O) groups excluding carboxylic acids is 2. The predicted molar refractivity (Wildman–Crippen MR) is 164 cm³/mol. The van der Waals surface area contributed by atoms with Crippen LogP contribution in [0.25, 0.3) is 22.2 Å². The van der Waals surface area contributed by atoms with E-state index in [4.69, 9.17) is 16.6 Å². The molecule has 0 aliphatic carbocycles. The Labute approximate surface area is 243 Å². The summed E-state index contributed by atoms with van der Waals surface area (Å²) in [7, 11) is 3.96. The quantitative estimate of drug-likeness (QED) is 0.181. The van der Waals surface area contributed by atoms with Gasteiger partial charge in [-0.25, -0.2) is 9.97 Å². The van der Waals surface area contributed by atoms with Crippen molar-refractivity contribution in [1.29, 1.82) is 0 Å². The summed E-state index contributed by atoms with van der Waals surface area (Å²) in [6, 6.07) is 22.5. The zero-order chi connectivity index (χ0) is 28.8. The highest BCUT2D eigenvalue weighted by Gasteiger charge is 2.13. The van der Waals surface area contributed by atoms with Gasteiger partial charge in [0.05, 0.1) is 10.7 Å². The van der Waals surface area contributed by atoms with Gasteiger partial charge in [-0.05, 0) is 75.1 Å². The molecule has 3 aromatic carbocycles. The molecular weight excluding hydrogens is 536 g/mol. The summed E-state index contributed by atoms with van der Waals surface area (Å²) in [5.41, 5.74) is 5.48. The molecule has 8 nitrogen and oxygen atoms in total. The van der Waals surface area contributed by atoms with E-state index < -0.39 is 0 Å². The van der Waals surface area contributed by atoms with Gasteiger partial charge >= 0.3 is 0 Å². The van der Waals surface area contributed by atoms with Gasteiger partial charge in [0.15, 0.2) is 0 Å². The second-order valence-electron chi connectivity index (χ2n) is 10.1. The van der Waals surface area contributed by atoms with E-state index in [-0.39, 0.29) is 11.8 Å². The molecule has 41 heavy (non-hydrogen) atoms. The Kier molecular flexibility index (Phi) is 8.72. The van der Waals surface area contributed by atoms with E-state index in [9.17, 15) is 9.59 Å². The van der Waals surface area contributed by atoms with Crippen LogP contribution in [0.5, 0.6) is 0 Å². The van der Waals surface area contributed by atoms with Crippen molar-refractivity contribution in [3.8, 4) is 11.3 Å². The number of anilines is 2. The number of H-pyrrole nitrogens is 1. The Bertz CT molecular complexity index is 1660. The third-order valence-electron chi connectivity index (χ3n) is 6.65. The van der Waals surface area contributed by atoms with E-state index in [1.165, 1.54) is 0 Å². The predicted octanol–water partition coefficient (Wildman–Crippen LogP) is 6.40. The van der Waals surface area contributed by atoms with E-state index in [1.807, 2.05) is 73.7 Å². The highest BCUT2D eigenvalue weighted by molar-refractivity contribution is 6.33. The van der Waals surface area contributed by atoms with Gasteiger partial charge in [0.2, 0.25) is 5.91 Å². The van der Waals surface area contributed by atoms with Crippen LogP contribution in [0.15, 0.2) is 85.2 Å². The number of hydrogen-bond acceptors (Lipinski definition) is 5. The normalized spacial score (nSPS) is 11.1. The fourth-order valence-electron chi connectivity index (χ4n) is 4.52. The summed E-state index contributed by atoms with van der Waals surface area (Å²) in [6.07, 6.45) is 5.31. The van der Waals surface area contributed by atoms with Crippen LogP contribution in [0.4, 0.5) is 11.4 Å². The molecule has 0 spiro atoms. The number of nitrogens with zero attached hydrogens (tertiary/aromatic N) is 3. The fraction of sp³-hybridized carbons (Fsp3) is 0.188. The number of carbonyl (C=O) groups is 2. The van der Waals surface area contributed by atoms with Crippen molar-refractivity contribution in [2.24, 2.45) is 0 Å². The van der Waals surface area contributed by atoms with Gasteiger partial charge in [-0.2, -0.15) is 0 Å². The molecule has 0 saturated carbocycles. The number of rotatable bonds is 10. The molecule has 2 heterocycles. The number of hydrogen-bond donors (Lipinski definition) is 3. The van der Waals surface area contributed by atoms with Crippen LogP contribution in [0, 0.1) is 0 Å². The molecule has 3 N–H and O–H groups in total. The number of fused-ring (bicyclic) bond motifs is 1. The Morgan fingerprint density at radius 3 is 2.39 bits per heavy atom. The SMILES string of the molecule is CN(C)CCCC(=O)Nc1ccc(C(=O)Nc2ccc(Cc3ncc(Cl)c(-c4c[nH]c5ccccc45)n3)cc2)cc1. The van der Waals surface area contributed by atoms with E-state index in [1.54, 1.807) is 30.5 Å². The van der Waals surface area contributed by atoms with Crippen LogP contribution >= 0.6 is 11.6 Å². The fourth-order valence-corrected chi connectivity index (χ4v) is 4.71. The summed E-state index contributed by atoms with van der Waals surface area (Å²) in [4.78, 5) is 39.4. The second kappa shape index (κ2) is 12.8. The van der Waals surface area contributed by atoms with Crippen molar-refractivity contribution in [2.75, 3.05) is 31.3 Å². The Morgan fingerprint density at radius 2 is 1.63 bits per heavy atom. The minimum atomic E-state index is -0.231. The molecule has 9 heteroatoms. The van der Waals surface area contributed by atoms with Crippen LogP contribution < -0.4 is 10.6 Å². The van der Waals surface area contributed by atoms with Gasteiger partial charge in [-0.1, -0.05) is 41.9 Å². The minimum Gasteiger partial charge on any atom is -0.360 e. The summed E-state index contributed by atoms with van der Waals surface area (Å²) in [5.74, 6) is 0.379. The van der Waals surface area contributed by atoms with Crippen LogP contribution in [0.3, 0.4) is 0 Å². The zero-order valence-electron chi connectivity index (χ0n) is 22.9. The van der Waals surface area contributed by atoms with Crippen LogP contribution in [-0.2, 0) is 11.2 Å². The molecule has 0 aliphatic rings. The van der Waals surface area contributed by atoms with E-state index >= 15 is 0 Å². The molecule has 0 fully saturated rings. The molecular formula is C32H31ClN6O2. The lowest BCUT2D eigenvalue weighted by Gasteiger charge is -2.10. The molecule has 208 valence electrons. The zero-order valence-corrected chi connectivity index (χ0v) is 23.7. The first kappa shape index (κ1) is 28.0. The van der Waals surface area contributed by atoms with Gasteiger partial charge in [-0.3, -0.25) is 9.59 Å². The third-order valence-corrected chi connectivity index (χ3v) is 6.93. The maximum absolute atomic E-state index is 12.8. The Hall–Kier alpha value is -4.53. The molecule has 0 atom stereocenters. The third kappa shape index (κ3) is 7.16. The van der Waals surface area contributed by atoms with E-state index in [2.05, 4.69) is 20.6 Å². The second-order valence-corrected chi connectivity index (χ2v) is 10.5. The average molecular weight is 567 g/mol. The summed E-state index contributed by atoms with van der Waals surface area (Å²) < 4.78 is 0. The summed E-state index contributed by atoms with van der Waals surface area (Å²) in [5, 5.41) is 7.33. The van der Waals surface area contributed by atoms with Gasteiger partial charge in [0.1, 0.15) is 5.82 Å². The molecule has 5 rings (SSSR count). The highest BCUT2D eigenvalue weighted by Crippen LogP contribution is 2.32. The maximum atomic E-state index is 12.8. The molecule has 0 radical (unpaired) electrons. The highest BCUT2D eigenvalue weighted by atomic mass is 35.5. The summed E-state index contributed by atoms with van der Waals surface area (Å²) in [6.45, 7) is 0.856. The number of halogens is 1. The molecule has 0 unspecified atom stereocenters. The van der Waals surface area contributed by atoms with Crippen LogP contribution in [0.1, 0.15) is 34.6 Å². The van der Waals surface area contributed by atoms with Crippen molar-refractivity contribution in [3.05, 3.63) is 107 Å². The molecule has 0 aliphatic heterocycles. The first-order chi connectivity index (χ1) is 19.9. The monoisotopic (exact) mass is 566 g/mol. The standard InChI is InChI=1S/C32H31ClN6O2/c1-39(2)17-5-8-30(40)36-23-15-11-22(12-16-23)32(41)37-24-13-9-21(10-14-24)18-29-35-20-27(33)31(38-29)26-19-34-28-7-4-3-6-25(26)28/h3-4,6-7,9-16,19-20,34H,5,8,17-18H2,1-2H3,(H,36,40)(H,37,41). The lowest BCUT2D eigenvalue weighted by molar-refractivity contribution is -0.116. The Balaban J connectivity index is 1.18. The number of aromatic amines is 1. The largest absolute Gasteiger partial charge is 0.360 e. The molecule has 0 bridgehead atoms. The lowest BCUT2D eigenvalue weighted by atomic mass is 10.1. The van der Waals surface area contributed by atoms with E-state index in [0.29, 0.717) is 46.3 Å². The van der Waals surface area contributed by atoms with Crippen molar-refractivity contribution < 1.29 is 9.59 Å². The molecule has 5 aromatic rings. The van der Waals surface area contributed by atoms with Crippen molar-refractivity contribution in [1.82, 2.24) is 19.9 Å². The topological polar surface area (TPSA) is 103 Å². The smallest absolute Gasteiger partial charge is 0.255 e.